The fraction of sp³-hybridized carbons (Fsp3) is 0.815. The summed E-state index contributed by atoms with van der Waals surface area (Å²) in [6.45, 7) is 7.62. The number of carbonyl (C=O) groups excluding carboxylic acids is 3. The van der Waals surface area contributed by atoms with Crippen molar-refractivity contribution in [3.05, 3.63) is 11.6 Å². The Morgan fingerprint density at radius 3 is 2.47 bits per heavy atom. The second kappa shape index (κ2) is 8.07. The molecule has 7 nitrogen and oxygen atoms in total. The van der Waals surface area contributed by atoms with Crippen LogP contribution in [0.25, 0.3) is 0 Å². The van der Waals surface area contributed by atoms with Crippen LogP contribution in [0.5, 0.6) is 0 Å². The van der Waals surface area contributed by atoms with Gasteiger partial charge >= 0.3 is 17.9 Å². The molecule has 5 aliphatic rings. The first-order chi connectivity index (χ1) is 16.0. The van der Waals surface area contributed by atoms with E-state index < -0.39 is 17.1 Å². The molecular formula is C27H38O7. The van der Waals surface area contributed by atoms with Crippen molar-refractivity contribution in [1.82, 2.24) is 0 Å². The zero-order valence-electron chi connectivity index (χ0n) is 20.8. The molecular weight excluding hydrogens is 436 g/mol. The summed E-state index contributed by atoms with van der Waals surface area (Å²) < 4.78 is 17.6. The molecule has 0 saturated heterocycles. The lowest BCUT2D eigenvalue weighted by Gasteiger charge is -2.64. The lowest BCUT2D eigenvalue weighted by atomic mass is 9.43. The second-order valence-corrected chi connectivity index (χ2v) is 12.0. The molecule has 0 amide bonds. The number of hydrogen-bond acceptors (Lipinski definition) is 7. The minimum Gasteiger partial charge on any atom is -0.462 e. The van der Waals surface area contributed by atoms with Crippen molar-refractivity contribution in [2.24, 2.45) is 34.5 Å². The van der Waals surface area contributed by atoms with Crippen molar-refractivity contribution >= 4 is 17.9 Å². The normalized spacial score (nSPS) is 47.6. The number of cyclic esters (lactones) is 1. The fourth-order valence-electron chi connectivity index (χ4n) is 9.21. The molecule has 0 aromatic rings. The van der Waals surface area contributed by atoms with Crippen LogP contribution in [0.4, 0.5) is 0 Å². The quantitative estimate of drug-likeness (QED) is 0.492. The number of esters is 3. The molecule has 5 rings (SSSR count). The summed E-state index contributed by atoms with van der Waals surface area (Å²) in [7, 11) is 0. The number of aliphatic hydroxyl groups excluding tert-OH is 1. The second-order valence-electron chi connectivity index (χ2n) is 12.0. The SMILES string of the molecule is CC(=O)O[C@H]1C[C@]2(OC(C)=O)[C@@H]3CC[C@@H]4C[C@@H](O)CC[C@]4(C)[C@H]3CC[C@]2(C)[C@H]1C1=CC(=O)OC1. The van der Waals surface area contributed by atoms with Crippen molar-refractivity contribution in [1.29, 1.82) is 0 Å². The zero-order valence-corrected chi connectivity index (χ0v) is 20.8. The summed E-state index contributed by atoms with van der Waals surface area (Å²) in [6.07, 6.45) is 7.70. The fourth-order valence-corrected chi connectivity index (χ4v) is 9.21. The van der Waals surface area contributed by atoms with Crippen LogP contribution in [-0.4, -0.2) is 47.4 Å². The van der Waals surface area contributed by atoms with Crippen LogP contribution in [0.15, 0.2) is 11.6 Å². The van der Waals surface area contributed by atoms with Gasteiger partial charge < -0.3 is 19.3 Å². The topological polar surface area (TPSA) is 99.1 Å². The molecule has 188 valence electrons. The van der Waals surface area contributed by atoms with Gasteiger partial charge in [-0.3, -0.25) is 9.59 Å². The Morgan fingerprint density at radius 1 is 1.06 bits per heavy atom. The molecule has 0 aromatic heterocycles. The standard InChI is InChI=1S/C27H38O7/c1-15(28)33-22-13-27(34-16(2)29)21-6-5-18-12-19(30)7-9-25(18,3)20(21)8-10-26(27,4)24(22)17-11-23(31)32-14-17/h11,18-22,24,30H,5-10,12-14H2,1-4H3/t18-,19+,20+,21-,22+,24+,25+,26-,27+/m1/s1. The van der Waals surface area contributed by atoms with Crippen molar-refractivity contribution in [3.63, 3.8) is 0 Å². The summed E-state index contributed by atoms with van der Waals surface area (Å²) in [5, 5.41) is 10.4. The molecule has 7 heteroatoms. The number of ether oxygens (including phenoxy) is 3. The van der Waals surface area contributed by atoms with E-state index in [0.717, 1.165) is 50.5 Å². The van der Waals surface area contributed by atoms with Gasteiger partial charge in [0.1, 0.15) is 18.3 Å². The Balaban J connectivity index is 1.60. The van der Waals surface area contributed by atoms with Crippen molar-refractivity contribution < 1.29 is 33.7 Å². The maximum atomic E-state index is 12.6. The molecule has 1 N–H and O–H groups in total. The first kappa shape index (κ1) is 23.8. The van der Waals surface area contributed by atoms with Crippen LogP contribution in [-0.2, 0) is 28.6 Å². The van der Waals surface area contributed by atoms with E-state index in [4.69, 9.17) is 14.2 Å². The Kier molecular flexibility index (Phi) is 5.66. The molecule has 0 spiro atoms. The van der Waals surface area contributed by atoms with Crippen molar-refractivity contribution in [3.8, 4) is 0 Å². The third-order valence-corrected chi connectivity index (χ3v) is 10.5. The summed E-state index contributed by atoms with van der Waals surface area (Å²) in [5.41, 5.74) is -0.315. The molecule has 0 bridgehead atoms. The monoisotopic (exact) mass is 474 g/mol. The number of fused-ring (bicyclic) bond motifs is 5. The van der Waals surface area contributed by atoms with Crippen LogP contribution in [0.1, 0.15) is 79.1 Å². The average molecular weight is 475 g/mol. The molecule has 1 aliphatic heterocycles. The van der Waals surface area contributed by atoms with Gasteiger partial charge in [0.15, 0.2) is 0 Å². The zero-order chi connectivity index (χ0) is 24.5. The van der Waals surface area contributed by atoms with E-state index in [1.807, 2.05) is 0 Å². The summed E-state index contributed by atoms with van der Waals surface area (Å²) in [6, 6.07) is 0. The van der Waals surface area contributed by atoms with Gasteiger partial charge in [0.2, 0.25) is 0 Å². The maximum Gasteiger partial charge on any atom is 0.331 e. The van der Waals surface area contributed by atoms with E-state index in [2.05, 4.69) is 13.8 Å². The number of rotatable bonds is 3. The number of aliphatic hydroxyl groups is 1. The van der Waals surface area contributed by atoms with Crippen molar-refractivity contribution in [2.75, 3.05) is 6.61 Å². The Hall–Kier alpha value is -1.89. The van der Waals surface area contributed by atoms with Gasteiger partial charge in [-0.25, -0.2) is 4.79 Å². The minimum atomic E-state index is -0.775. The van der Waals surface area contributed by atoms with Crippen LogP contribution in [0, 0.1) is 34.5 Å². The van der Waals surface area contributed by atoms with Gasteiger partial charge in [-0.2, -0.15) is 0 Å². The molecule has 4 saturated carbocycles. The lowest BCUT2D eigenvalue weighted by molar-refractivity contribution is -0.228. The molecule has 0 unspecified atom stereocenters. The Labute approximate surface area is 201 Å². The third-order valence-electron chi connectivity index (χ3n) is 10.5. The predicted octanol–water partition coefficient (Wildman–Crippen LogP) is 3.72. The van der Waals surface area contributed by atoms with Crippen LogP contribution in [0.3, 0.4) is 0 Å². The van der Waals surface area contributed by atoms with Gasteiger partial charge in [0.05, 0.1) is 6.10 Å². The molecule has 0 radical (unpaired) electrons. The smallest absolute Gasteiger partial charge is 0.331 e. The first-order valence-corrected chi connectivity index (χ1v) is 12.9. The highest BCUT2D eigenvalue weighted by atomic mass is 16.6. The molecule has 0 aromatic carbocycles. The molecule has 4 aliphatic carbocycles. The number of carbonyl (C=O) groups is 3. The summed E-state index contributed by atoms with van der Waals surface area (Å²) in [5.74, 6) is -0.287. The van der Waals surface area contributed by atoms with Gasteiger partial charge in [-0.05, 0) is 67.8 Å². The molecule has 4 fully saturated rings. The molecule has 34 heavy (non-hydrogen) atoms. The van der Waals surface area contributed by atoms with Gasteiger partial charge in [-0.1, -0.05) is 13.8 Å². The summed E-state index contributed by atoms with van der Waals surface area (Å²) >= 11 is 0. The first-order valence-electron chi connectivity index (χ1n) is 12.9. The summed E-state index contributed by atoms with van der Waals surface area (Å²) in [4.78, 5) is 36.8. The van der Waals surface area contributed by atoms with E-state index in [9.17, 15) is 19.5 Å². The largest absolute Gasteiger partial charge is 0.462 e. The maximum absolute atomic E-state index is 12.6. The van der Waals surface area contributed by atoms with Crippen LogP contribution >= 0.6 is 0 Å². The highest BCUT2D eigenvalue weighted by molar-refractivity contribution is 5.85. The van der Waals surface area contributed by atoms with Gasteiger partial charge in [0, 0.05) is 43.6 Å². The third kappa shape index (κ3) is 3.36. The van der Waals surface area contributed by atoms with Crippen LogP contribution in [0.2, 0.25) is 0 Å². The highest BCUT2D eigenvalue weighted by Crippen LogP contribution is 2.71. The lowest BCUT2D eigenvalue weighted by Crippen LogP contribution is -2.63. The van der Waals surface area contributed by atoms with E-state index in [1.165, 1.54) is 13.8 Å². The minimum absolute atomic E-state index is 0.0946. The van der Waals surface area contributed by atoms with E-state index in [0.29, 0.717) is 18.3 Å². The Bertz CT molecular complexity index is 926. The van der Waals surface area contributed by atoms with E-state index >= 15 is 0 Å². The van der Waals surface area contributed by atoms with E-state index in [1.54, 1.807) is 6.08 Å². The van der Waals surface area contributed by atoms with Crippen LogP contribution < -0.4 is 0 Å². The van der Waals surface area contributed by atoms with Crippen molar-refractivity contribution in [2.45, 2.75) is 96.9 Å². The van der Waals surface area contributed by atoms with Gasteiger partial charge in [0.25, 0.3) is 0 Å². The predicted molar refractivity (Wildman–Crippen MR) is 122 cm³/mol. The van der Waals surface area contributed by atoms with E-state index in [-0.39, 0.29) is 47.9 Å². The number of hydrogen-bond donors (Lipinski definition) is 1. The van der Waals surface area contributed by atoms with Gasteiger partial charge in [-0.15, -0.1) is 0 Å². The highest BCUT2D eigenvalue weighted by Gasteiger charge is 2.73. The molecule has 9 atom stereocenters. The Morgan fingerprint density at radius 2 is 1.82 bits per heavy atom. The molecule has 1 heterocycles. The average Bonchev–Trinajstić information content (AvgIpc) is 3.25.